The molecule has 110 valence electrons. The van der Waals surface area contributed by atoms with Gasteiger partial charge in [-0.2, -0.15) is 0 Å². The lowest BCUT2D eigenvalue weighted by atomic mass is 10.1. The van der Waals surface area contributed by atoms with Crippen molar-refractivity contribution in [2.24, 2.45) is 0 Å². The molecule has 0 spiro atoms. The molecule has 2 rings (SSSR count). The van der Waals surface area contributed by atoms with Gasteiger partial charge in [0, 0.05) is 6.04 Å². The normalized spacial score (nSPS) is 17.4. The summed E-state index contributed by atoms with van der Waals surface area (Å²) in [6, 6.07) is 8.06. The zero-order chi connectivity index (χ0) is 14.5. The summed E-state index contributed by atoms with van der Waals surface area (Å²) in [6.07, 6.45) is 3.00. The molecule has 2 N–H and O–H groups in total. The summed E-state index contributed by atoms with van der Waals surface area (Å²) < 4.78 is 5.62. The summed E-state index contributed by atoms with van der Waals surface area (Å²) in [5.41, 5.74) is 1.16. The van der Waals surface area contributed by atoms with Crippen LogP contribution >= 0.6 is 0 Å². The van der Waals surface area contributed by atoms with Crippen molar-refractivity contribution in [3.05, 3.63) is 29.8 Å². The van der Waals surface area contributed by atoms with Gasteiger partial charge in [0.25, 0.3) is 5.91 Å². The van der Waals surface area contributed by atoms with E-state index in [1.54, 1.807) is 13.8 Å². The van der Waals surface area contributed by atoms with Gasteiger partial charge in [0.05, 0.1) is 6.10 Å². The minimum absolute atomic E-state index is 0.0503. The third-order valence-corrected chi connectivity index (χ3v) is 3.38. The molecule has 1 aromatic carbocycles. The van der Waals surface area contributed by atoms with Crippen molar-refractivity contribution in [1.82, 2.24) is 5.32 Å². The standard InChI is InChI=1S/C16H23NO3/c1-11(18)3-4-13-5-9-15(10-6-13)20-12(2)16(19)17-14-7-8-14/h5-6,9-12,14,18H,3-4,7-8H2,1-2H3,(H,17,19). The summed E-state index contributed by atoms with van der Waals surface area (Å²) >= 11 is 0. The van der Waals surface area contributed by atoms with E-state index in [1.807, 2.05) is 24.3 Å². The Labute approximate surface area is 120 Å². The molecular weight excluding hydrogens is 254 g/mol. The molecule has 2 atom stereocenters. The molecule has 2 unspecified atom stereocenters. The first-order chi connectivity index (χ1) is 9.54. The van der Waals surface area contributed by atoms with Gasteiger partial charge in [0.15, 0.2) is 6.10 Å². The Morgan fingerprint density at radius 3 is 2.55 bits per heavy atom. The van der Waals surface area contributed by atoms with E-state index < -0.39 is 6.10 Å². The topological polar surface area (TPSA) is 58.6 Å². The zero-order valence-corrected chi connectivity index (χ0v) is 12.1. The van der Waals surface area contributed by atoms with Gasteiger partial charge < -0.3 is 15.2 Å². The number of aryl methyl sites for hydroxylation is 1. The van der Waals surface area contributed by atoms with Gasteiger partial charge in [-0.1, -0.05) is 12.1 Å². The van der Waals surface area contributed by atoms with E-state index in [-0.39, 0.29) is 12.0 Å². The number of carbonyl (C=O) groups excluding carboxylic acids is 1. The van der Waals surface area contributed by atoms with Crippen LogP contribution in [-0.4, -0.2) is 29.3 Å². The smallest absolute Gasteiger partial charge is 0.260 e. The van der Waals surface area contributed by atoms with Crippen LogP contribution in [0.2, 0.25) is 0 Å². The van der Waals surface area contributed by atoms with Crippen LogP contribution in [0.1, 0.15) is 38.7 Å². The van der Waals surface area contributed by atoms with Crippen LogP contribution in [0, 0.1) is 0 Å². The van der Waals surface area contributed by atoms with E-state index in [4.69, 9.17) is 4.74 Å². The van der Waals surface area contributed by atoms with Crippen molar-refractivity contribution < 1.29 is 14.6 Å². The average Bonchev–Trinajstić information content (AvgIpc) is 3.21. The van der Waals surface area contributed by atoms with Gasteiger partial charge in [-0.05, 0) is 57.2 Å². The van der Waals surface area contributed by atoms with Crippen LogP contribution in [0.15, 0.2) is 24.3 Å². The first-order valence-corrected chi connectivity index (χ1v) is 7.28. The molecule has 0 heterocycles. The van der Waals surface area contributed by atoms with E-state index in [2.05, 4.69) is 5.32 Å². The maximum Gasteiger partial charge on any atom is 0.260 e. The number of nitrogens with one attached hydrogen (secondary N) is 1. The first-order valence-electron chi connectivity index (χ1n) is 7.28. The fourth-order valence-corrected chi connectivity index (χ4v) is 1.91. The molecule has 0 aliphatic heterocycles. The number of hydrogen-bond acceptors (Lipinski definition) is 3. The number of rotatable bonds is 7. The number of carbonyl (C=O) groups is 1. The lowest BCUT2D eigenvalue weighted by Gasteiger charge is -2.14. The molecule has 4 nitrogen and oxygen atoms in total. The first kappa shape index (κ1) is 14.9. The van der Waals surface area contributed by atoms with Crippen molar-refractivity contribution >= 4 is 5.91 Å². The Bertz CT molecular complexity index is 438. The largest absolute Gasteiger partial charge is 0.481 e. The minimum Gasteiger partial charge on any atom is -0.481 e. The van der Waals surface area contributed by atoms with Crippen LogP contribution in [-0.2, 0) is 11.2 Å². The van der Waals surface area contributed by atoms with Gasteiger partial charge in [0.1, 0.15) is 5.75 Å². The molecule has 1 aliphatic rings. The Kier molecular flexibility index (Phi) is 5.01. The maximum absolute atomic E-state index is 11.8. The summed E-state index contributed by atoms with van der Waals surface area (Å²) in [7, 11) is 0. The number of aliphatic hydroxyl groups is 1. The Morgan fingerprint density at radius 2 is 2.00 bits per heavy atom. The summed E-state index contributed by atoms with van der Waals surface area (Å²) in [5.74, 6) is 0.648. The Balaban J connectivity index is 1.81. The molecule has 20 heavy (non-hydrogen) atoms. The lowest BCUT2D eigenvalue weighted by molar-refractivity contribution is -0.127. The fraction of sp³-hybridized carbons (Fsp3) is 0.562. The number of ether oxygens (including phenoxy) is 1. The van der Waals surface area contributed by atoms with Gasteiger partial charge >= 0.3 is 0 Å². The molecule has 0 bridgehead atoms. The molecule has 0 saturated heterocycles. The predicted octanol–water partition coefficient (Wildman–Crippen LogP) is 2.05. The molecule has 0 radical (unpaired) electrons. The van der Waals surface area contributed by atoms with E-state index in [0.29, 0.717) is 11.8 Å². The number of benzene rings is 1. The fourth-order valence-electron chi connectivity index (χ4n) is 1.91. The van der Waals surface area contributed by atoms with Crippen LogP contribution < -0.4 is 10.1 Å². The Morgan fingerprint density at radius 1 is 1.35 bits per heavy atom. The molecule has 1 saturated carbocycles. The number of amides is 1. The highest BCUT2D eigenvalue weighted by molar-refractivity contribution is 5.81. The van der Waals surface area contributed by atoms with E-state index >= 15 is 0 Å². The third-order valence-electron chi connectivity index (χ3n) is 3.38. The second-order valence-electron chi connectivity index (χ2n) is 5.57. The van der Waals surface area contributed by atoms with Crippen LogP contribution in [0.4, 0.5) is 0 Å². The summed E-state index contributed by atoms with van der Waals surface area (Å²) in [4.78, 5) is 11.8. The monoisotopic (exact) mass is 277 g/mol. The van der Waals surface area contributed by atoms with Crippen LogP contribution in [0.3, 0.4) is 0 Å². The van der Waals surface area contributed by atoms with Gasteiger partial charge in [-0.15, -0.1) is 0 Å². The van der Waals surface area contributed by atoms with E-state index in [9.17, 15) is 9.90 Å². The second-order valence-corrected chi connectivity index (χ2v) is 5.57. The average molecular weight is 277 g/mol. The van der Waals surface area contributed by atoms with Crippen molar-refractivity contribution in [2.45, 2.75) is 57.8 Å². The van der Waals surface area contributed by atoms with Gasteiger partial charge in [-0.3, -0.25) is 4.79 Å². The molecule has 4 heteroatoms. The van der Waals surface area contributed by atoms with Crippen molar-refractivity contribution in [3.63, 3.8) is 0 Å². The van der Waals surface area contributed by atoms with Crippen LogP contribution in [0.5, 0.6) is 5.75 Å². The van der Waals surface area contributed by atoms with E-state index in [0.717, 1.165) is 31.2 Å². The quantitative estimate of drug-likeness (QED) is 0.802. The zero-order valence-electron chi connectivity index (χ0n) is 12.1. The minimum atomic E-state index is -0.473. The van der Waals surface area contributed by atoms with Crippen molar-refractivity contribution in [1.29, 1.82) is 0 Å². The van der Waals surface area contributed by atoms with Gasteiger partial charge in [0.2, 0.25) is 0 Å². The highest BCUT2D eigenvalue weighted by atomic mass is 16.5. The van der Waals surface area contributed by atoms with Crippen LogP contribution in [0.25, 0.3) is 0 Å². The van der Waals surface area contributed by atoms with Crippen molar-refractivity contribution in [2.75, 3.05) is 0 Å². The van der Waals surface area contributed by atoms with E-state index in [1.165, 1.54) is 0 Å². The van der Waals surface area contributed by atoms with Crippen molar-refractivity contribution in [3.8, 4) is 5.75 Å². The second kappa shape index (κ2) is 6.75. The Hall–Kier alpha value is -1.55. The molecule has 1 amide bonds. The summed E-state index contributed by atoms with van der Waals surface area (Å²) in [5, 5.41) is 12.2. The number of aliphatic hydroxyl groups excluding tert-OH is 1. The highest BCUT2D eigenvalue weighted by Gasteiger charge is 2.26. The molecular formula is C16H23NO3. The highest BCUT2D eigenvalue weighted by Crippen LogP contribution is 2.20. The molecule has 1 aliphatic carbocycles. The molecule has 1 aromatic rings. The number of hydrogen-bond donors (Lipinski definition) is 2. The maximum atomic E-state index is 11.8. The van der Waals surface area contributed by atoms with Gasteiger partial charge in [-0.25, -0.2) is 0 Å². The third kappa shape index (κ3) is 4.85. The molecule has 0 aromatic heterocycles. The lowest BCUT2D eigenvalue weighted by Crippen LogP contribution is -2.37. The molecule has 1 fully saturated rings. The SMILES string of the molecule is CC(O)CCc1ccc(OC(C)C(=O)NC2CC2)cc1. The predicted molar refractivity (Wildman–Crippen MR) is 77.7 cm³/mol. The summed E-state index contributed by atoms with van der Waals surface area (Å²) in [6.45, 7) is 3.55.